The number of carbonyl (C=O) groups is 2. The molecule has 134 valence electrons. The van der Waals surface area contributed by atoms with Crippen molar-refractivity contribution in [1.82, 2.24) is 10.2 Å². The van der Waals surface area contributed by atoms with Crippen molar-refractivity contribution in [3.8, 4) is 0 Å². The molecule has 6 nitrogen and oxygen atoms in total. The molecule has 1 rings (SSSR count). The number of esters is 1. The van der Waals surface area contributed by atoms with Crippen molar-refractivity contribution in [2.45, 2.75) is 78.0 Å². The van der Waals surface area contributed by atoms with Crippen LogP contribution >= 0.6 is 0 Å². The molecule has 0 aliphatic carbocycles. The number of amides is 1. The van der Waals surface area contributed by atoms with Crippen LogP contribution in [-0.2, 0) is 14.3 Å². The molecule has 0 aromatic carbocycles. The zero-order chi connectivity index (χ0) is 17.7. The second kappa shape index (κ2) is 7.99. The second-order valence-corrected chi connectivity index (χ2v) is 8.03. The van der Waals surface area contributed by atoms with E-state index in [4.69, 9.17) is 9.47 Å². The Morgan fingerprint density at radius 3 is 2.00 bits per heavy atom. The van der Waals surface area contributed by atoms with Crippen molar-refractivity contribution in [2.75, 3.05) is 19.6 Å². The monoisotopic (exact) mass is 328 g/mol. The molecule has 0 unspecified atom stereocenters. The SMILES string of the molecule is CC(C)(C)OC(=O)CCNC1CCN(C(=O)OC(C)(C)C)CC1. The summed E-state index contributed by atoms with van der Waals surface area (Å²) in [6.07, 6.45) is 1.86. The Kier molecular flexibility index (Phi) is 6.86. The number of carbonyl (C=O) groups excluding carboxylic acids is 2. The number of hydrogen-bond donors (Lipinski definition) is 1. The summed E-state index contributed by atoms with van der Waals surface area (Å²) in [5, 5.41) is 3.37. The maximum atomic E-state index is 12.0. The summed E-state index contributed by atoms with van der Waals surface area (Å²) in [5.41, 5.74) is -0.893. The van der Waals surface area contributed by atoms with Gasteiger partial charge in [-0.25, -0.2) is 4.79 Å². The second-order valence-electron chi connectivity index (χ2n) is 8.03. The van der Waals surface area contributed by atoms with Gasteiger partial charge in [-0.05, 0) is 54.4 Å². The van der Waals surface area contributed by atoms with Gasteiger partial charge in [0.05, 0.1) is 6.42 Å². The van der Waals surface area contributed by atoms with Crippen LogP contribution in [0, 0.1) is 0 Å². The fourth-order valence-corrected chi connectivity index (χ4v) is 2.36. The van der Waals surface area contributed by atoms with Gasteiger partial charge < -0.3 is 19.7 Å². The summed E-state index contributed by atoms with van der Waals surface area (Å²) in [4.78, 5) is 25.4. The average molecular weight is 328 g/mol. The van der Waals surface area contributed by atoms with E-state index in [-0.39, 0.29) is 12.1 Å². The smallest absolute Gasteiger partial charge is 0.410 e. The molecule has 0 aromatic heterocycles. The number of nitrogens with zero attached hydrogens (tertiary/aromatic N) is 1. The van der Waals surface area contributed by atoms with Gasteiger partial charge in [0, 0.05) is 25.7 Å². The van der Waals surface area contributed by atoms with Crippen molar-refractivity contribution >= 4 is 12.1 Å². The average Bonchev–Trinajstić information content (AvgIpc) is 2.35. The quantitative estimate of drug-likeness (QED) is 0.804. The van der Waals surface area contributed by atoms with Gasteiger partial charge in [-0.2, -0.15) is 0 Å². The van der Waals surface area contributed by atoms with Crippen LogP contribution in [0.3, 0.4) is 0 Å². The molecule has 1 aliphatic heterocycles. The summed E-state index contributed by atoms with van der Waals surface area (Å²) >= 11 is 0. The molecule has 1 heterocycles. The molecule has 1 N–H and O–H groups in total. The van der Waals surface area contributed by atoms with Gasteiger partial charge in [-0.1, -0.05) is 0 Å². The summed E-state index contributed by atoms with van der Waals surface area (Å²) in [6.45, 7) is 13.2. The van der Waals surface area contributed by atoms with Crippen LogP contribution in [0.2, 0.25) is 0 Å². The minimum atomic E-state index is -0.459. The summed E-state index contributed by atoms with van der Waals surface area (Å²) in [7, 11) is 0. The lowest BCUT2D eigenvalue weighted by molar-refractivity contribution is -0.154. The lowest BCUT2D eigenvalue weighted by atomic mass is 10.1. The maximum Gasteiger partial charge on any atom is 0.410 e. The molecule has 0 atom stereocenters. The van der Waals surface area contributed by atoms with Gasteiger partial charge in [0.15, 0.2) is 0 Å². The van der Waals surface area contributed by atoms with E-state index in [0.717, 1.165) is 12.8 Å². The first kappa shape index (κ1) is 19.7. The third kappa shape index (κ3) is 8.79. The van der Waals surface area contributed by atoms with E-state index in [9.17, 15) is 9.59 Å². The van der Waals surface area contributed by atoms with Gasteiger partial charge in [-0.3, -0.25) is 4.79 Å². The van der Waals surface area contributed by atoms with Crippen LogP contribution in [0.25, 0.3) is 0 Å². The van der Waals surface area contributed by atoms with Gasteiger partial charge >= 0.3 is 12.1 Å². The van der Waals surface area contributed by atoms with Gasteiger partial charge in [0.2, 0.25) is 0 Å². The fourth-order valence-electron chi connectivity index (χ4n) is 2.36. The van der Waals surface area contributed by atoms with Crippen LogP contribution in [0.5, 0.6) is 0 Å². The van der Waals surface area contributed by atoms with Crippen molar-refractivity contribution < 1.29 is 19.1 Å². The Labute approximate surface area is 139 Å². The highest BCUT2D eigenvalue weighted by atomic mass is 16.6. The molecule has 1 amide bonds. The zero-order valence-corrected chi connectivity index (χ0v) is 15.4. The molecule has 1 fully saturated rings. The van der Waals surface area contributed by atoms with Crippen molar-refractivity contribution in [2.24, 2.45) is 0 Å². The Bertz CT molecular complexity index is 399. The highest BCUT2D eigenvalue weighted by Crippen LogP contribution is 2.15. The number of ether oxygens (including phenoxy) is 2. The molecule has 23 heavy (non-hydrogen) atoms. The number of piperidine rings is 1. The first-order valence-corrected chi connectivity index (χ1v) is 8.39. The summed E-state index contributed by atoms with van der Waals surface area (Å²) in [6, 6.07) is 0.330. The number of rotatable bonds is 4. The summed E-state index contributed by atoms with van der Waals surface area (Å²) in [5.74, 6) is -0.184. The van der Waals surface area contributed by atoms with E-state index < -0.39 is 11.2 Å². The highest BCUT2D eigenvalue weighted by molar-refractivity contribution is 5.70. The van der Waals surface area contributed by atoms with E-state index in [0.29, 0.717) is 32.1 Å². The zero-order valence-electron chi connectivity index (χ0n) is 15.4. The summed E-state index contributed by atoms with van der Waals surface area (Å²) < 4.78 is 10.7. The predicted octanol–water partition coefficient (Wildman–Crippen LogP) is 2.71. The first-order valence-electron chi connectivity index (χ1n) is 8.39. The minimum absolute atomic E-state index is 0.184. The van der Waals surface area contributed by atoms with Gasteiger partial charge in [-0.15, -0.1) is 0 Å². The van der Waals surface area contributed by atoms with Crippen LogP contribution in [-0.4, -0.2) is 53.8 Å². The third-order valence-electron chi connectivity index (χ3n) is 3.33. The third-order valence-corrected chi connectivity index (χ3v) is 3.33. The van der Waals surface area contributed by atoms with Crippen LogP contribution < -0.4 is 5.32 Å². The van der Waals surface area contributed by atoms with Crippen LogP contribution in [0.15, 0.2) is 0 Å². The molecular formula is C17H32N2O4. The van der Waals surface area contributed by atoms with E-state index in [1.807, 2.05) is 41.5 Å². The lowest BCUT2D eigenvalue weighted by Crippen LogP contribution is -2.46. The van der Waals surface area contributed by atoms with E-state index in [1.165, 1.54) is 0 Å². The molecule has 0 saturated carbocycles. The molecule has 1 saturated heterocycles. The Hall–Kier alpha value is -1.30. The van der Waals surface area contributed by atoms with Crippen molar-refractivity contribution in [3.63, 3.8) is 0 Å². The Morgan fingerprint density at radius 1 is 1.00 bits per heavy atom. The molecule has 0 spiro atoms. The molecule has 1 aliphatic rings. The first-order chi connectivity index (χ1) is 10.5. The highest BCUT2D eigenvalue weighted by Gasteiger charge is 2.26. The van der Waals surface area contributed by atoms with Gasteiger partial charge in [0.25, 0.3) is 0 Å². The normalized spacial score (nSPS) is 17.0. The van der Waals surface area contributed by atoms with E-state index in [2.05, 4.69) is 5.32 Å². The van der Waals surface area contributed by atoms with Crippen LogP contribution in [0.1, 0.15) is 60.8 Å². The largest absolute Gasteiger partial charge is 0.460 e. The number of nitrogens with one attached hydrogen (secondary N) is 1. The van der Waals surface area contributed by atoms with E-state index in [1.54, 1.807) is 4.90 Å². The predicted molar refractivity (Wildman–Crippen MR) is 89.3 cm³/mol. The molecule has 6 heteroatoms. The molecular weight excluding hydrogens is 296 g/mol. The lowest BCUT2D eigenvalue weighted by Gasteiger charge is -2.33. The minimum Gasteiger partial charge on any atom is -0.460 e. The molecule has 0 radical (unpaired) electrons. The Morgan fingerprint density at radius 2 is 1.52 bits per heavy atom. The standard InChI is InChI=1S/C17H32N2O4/c1-16(2,3)22-14(20)7-10-18-13-8-11-19(12-9-13)15(21)23-17(4,5)6/h13,18H,7-12H2,1-6H3. The molecule has 0 aromatic rings. The Balaban J connectivity index is 2.22. The topological polar surface area (TPSA) is 67.9 Å². The van der Waals surface area contributed by atoms with Crippen molar-refractivity contribution in [1.29, 1.82) is 0 Å². The molecule has 0 bridgehead atoms. The van der Waals surface area contributed by atoms with Gasteiger partial charge in [0.1, 0.15) is 11.2 Å². The van der Waals surface area contributed by atoms with Crippen molar-refractivity contribution in [3.05, 3.63) is 0 Å². The maximum absolute atomic E-state index is 12.0. The van der Waals surface area contributed by atoms with E-state index >= 15 is 0 Å². The van der Waals surface area contributed by atoms with Crippen LogP contribution in [0.4, 0.5) is 4.79 Å². The number of hydrogen-bond acceptors (Lipinski definition) is 5. The fraction of sp³-hybridized carbons (Fsp3) is 0.882. The number of likely N-dealkylation sites (tertiary alicyclic amines) is 1.